The van der Waals surface area contributed by atoms with E-state index in [1.165, 1.54) is 0 Å². The van der Waals surface area contributed by atoms with Gasteiger partial charge < -0.3 is 15.0 Å². The zero-order valence-corrected chi connectivity index (χ0v) is 17.2. The molecule has 1 aromatic heterocycles. The van der Waals surface area contributed by atoms with E-state index in [4.69, 9.17) is 4.74 Å². The summed E-state index contributed by atoms with van der Waals surface area (Å²) in [5.41, 5.74) is 2.20. The maximum absolute atomic E-state index is 12.5. The van der Waals surface area contributed by atoms with E-state index in [1.807, 2.05) is 46.8 Å². The quantitative estimate of drug-likeness (QED) is 0.793. The highest BCUT2D eigenvalue weighted by atomic mass is 16.5. The SMILES string of the molecule is Cc1cc(C)n(CC(C)CNC(=O)N2CCC(COc3ccccc3)CC2)n1. The van der Waals surface area contributed by atoms with Gasteiger partial charge in [-0.15, -0.1) is 0 Å². The Hall–Kier alpha value is -2.50. The van der Waals surface area contributed by atoms with E-state index in [0.717, 1.165) is 56.2 Å². The van der Waals surface area contributed by atoms with Crippen LogP contribution in [0.25, 0.3) is 0 Å². The second-order valence-electron chi connectivity index (χ2n) is 7.95. The number of carbonyl (C=O) groups is 1. The molecule has 3 rings (SSSR count). The molecule has 1 fully saturated rings. The van der Waals surface area contributed by atoms with Crippen molar-refractivity contribution in [3.8, 4) is 5.75 Å². The zero-order chi connectivity index (χ0) is 19.9. The number of carbonyl (C=O) groups excluding carboxylic acids is 1. The normalized spacial score (nSPS) is 16.0. The number of urea groups is 1. The summed E-state index contributed by atoms with van der Waals surface area (Å²) in [5, 5.41) is 7.58. The number of amides is 2. The number of aromatic nitrogens is 2. The molecular weight excluding hydrogens is 352 g/mol. The molecule has 1 aliphatic rings. The summed E-state index contributed by atoms with van der Waals surface area (Å²) >= 11 is 0. The number of para-hydroxylation sites is 1. The average molecular weight is 385 g/mol. The number of hydrogen-bond acceptors (Lipinski definition) is 3. The van der Waals surface area contributed by atoms with Crippen molar-refractivity contribution < 1.29 is 9.53 Å². The van der Waals surface area contributed by atoms with Crippen LogP contribution in [0.4, 0.5) is 4.79 Å². The maximum atomic E-state index is 12.5. The van der Waals surface area contributed by atoms with Crippen molar-refractivity contribution >= 4 is 6.03 Å². The van der Waals surface area contributed by atoms with Crippen LogP contribution in [0.5, 0.6) is 5.75 Å². The molecule has 0 radical (unpaired) electrons. The second-order valence-corrected chi connectivity index (χ2v) is 7.95. The number of hydrogen-bond donors (Lipinski definition) is 1. The molecule has 2 heterocycles. The maximum Gasteiger partial charge on any atom is 0.317 e. The summed E-state index contributed by atoms with van der Waals surface area (Å²) in [6.07, 6.45) is 1.98. The lowest BCUT2D eigenvalue weighted by Crippen LogP contribution is -2.46. The summed E-state index contributed by atoms with van der Waals surface area (Å²) in [4.78, 5) is 14.4. The Labute approximate surface area is 167 Å². The van der Waals surface area contributed by atoms with Crippen LogP contribution in [-0.2, 0) is 6.54 Å². The van der Waals surface area contributed by atoms with E-state index in [1.54, 1.807) is 0 Å². The Balaban J connectivity index is 1.35. The van der Waals surface area contributed by atoms with Crippen molar-refractivity contribution in [1.82, 2.24) is 20.0 Å². The number of aryl methyl sites for hydroxylation is 2. The zero-order valence-electron chi connectivity index (χ0n) is 17.2. The van der Waals surface area contributed by atoms with Crippen molar-refractivity contribution in [3.63, 3.8) is 0 Å². The van der Waals surface area contributed by atoms with Crippen LogP contribution in [0.2, 0.25) is 0 Å². The first-order valence-electron chi connectivity index (χ1n) is 10.2. The third kappa shape index (κ3) is 5.75. The molecule has 0 aliphatic carbocycles. The van der Waals surface area contributed by atoms with E-state index in [9.17, 15) is 4.79 Å². The highest BCUT2D eigenvalue weighted by Gasteiger charge is 2.23. The van der Waals surface area contributed by atoms with E-state index >= 15 is 0 Å². The van der Waals surface area contributed by atoms with Crippen LogP contribution in [0, 0.1) is 25.7 Å². The molecule has 0 saturated carbocycles. The largest absolute Gasteiger partial charge is 0.493 e. The van der Waals surface area contributed by atoms with E-state index < -0.39 is 0 Å². The van der Waals surface area contributed by atoms with Gasteiger partial charge in [0.15, 0.2) is 0 Å². The smallest absolute Gasteiger partial charge is 0.317 e. The highest BCUT2D eigenvalue weighted by molar-refractivity contribution is 5.74. The lowest BCUT2D eigenvalue weighted by molar-refractivity contribution is 0.144. The van der Waals surface area contributed by atoms with Crippen LogP contribution >= 0.6 is 0 Å². The van der Waals surface area contributed by atoms with Crippen LogP contribution in [0.15, 0.2) is 36.4 Å². The van der Waals surface area contributed by atoms with Gasteiger partial charge in [0, 0.05) is 31.9 Å². The van der Waals surface area contributed by atoms with E-state index in [2.05, 4.69) is 30.3 Å². The van der Waals surface area contributed by atoms with Gasteiger partial charge in [-0.25, -0.2) is 4.79 Å². The van der Waals surface area contributed by atoms with Gasteiger partial charge in [-0.2, -0.15) is 5.10 Å². The first kappa shape index (κ1) is 20.2. The standard InChI is InChI=1S/C22H32N4O2/c1-17(15-26-19(3)13-18(2)24-26)14-23-22(27)25-11-9-20(10-12-25)16-28-21-7-5-4-6-8-21/h4-8,13,17,20H,9-12,14-16H2,1-3H3,(H,23,27). The van der Waals surface area contributed by atoms with Crippen molar-refractivity contribution in [2.24, 2.45) is 11.8 Å². The predicted molar refractivity (Wildman–Crippen MR) is 110 cm³/mol. The molecule has 6 heteroatoms. The molecule has 1 aliphatic heterocycles. The van der Waals surface area contributed by atoms with Crippen molar-refractivity contribution in [3.05, 3.63) is 47.8 Å². The lowest BCUT2D eigenvalue weighted by atomic mass is 9.98. The number of ether oxygens (including phenoxy) is 1. The molecule has 1 unspecified atom stereocenters. The van der Waals surface area contributed by atoms with Gasteiger partial charge in [0.05, 0.1) is 12.3 Å². The molecule has 0 bridgehead atoms. The monoisotopic (exact) mass is 384 g/mol. The van der Waals surface area contributed by atoms with Crippen LogP contribution in [0.1, 0.15) is 31.2 Å². The summed E-state index contributed by atoms with van der Waals surface area (Å²) < 4.78 is 7.88. The van der Waals surface area contributed by atoms with E-state index in [-0.39, 0.29) is 6.03 Å². The topological polar surface area (TPSA) is 59.4 Å². The first-order valence-corrected chi connectivity index (χ1v) is 10.2. The van der Waals surface area contributed by atoms with Gasteiger partial charge in [0.2, 0.25) is 0 Å². The van der Waals surface area contributed by atoms with Gasteiger partial charge in [0.1, 0.15) is 5.75 Å². The molecule has 1 N–H and O–H groups in total. The number of benzene rings is 1. The molecular formula is C22H32N4O2. The Kier molecular flexibility index (Phi) is 6.95. The molecule has 1 saturated heterocycles. The average Bonchev–Trinajstić information content (AvgIpc) is 3.02. The molecule has 28 heavy (non-hydrogen) atoms. The fourth-order valence-corrected chi connectivity index (χ4v) is 3.63. The minimum Gasteiger partial charge on any atom is -0.493 e. The number of piperidine rings is 1. The van der Waals surface area contributed by atoms with Gasteiger partial charge >= 0.3 is 6.03 Å². The van der Waals surface area contributed by atoms with E-state index in [0.29, 0.717) is 18.4 Å². The molecule has 2 aromatic rings. The molecule has 2 amide bonds. The van der Waals surface area contributed by atoms with Crippen LogP contribution in [-0.4, -0.2) is 47.0 Å². The molecule has 1 atom stereocenters. The number of nitrogens with zero attached hydrogens (tertiary/aromatic N) is 3. The Morgan fingerprint density at radius 1 is 1.25 bits per heavy atom. The highest BCUT2D eigenvalue weighted by Crippen LogP contribution is 2.19. The molecule has 152 valence electrons. The summed E-state index contributed by atoms with van der Waals surface area (Å²) in [7, 11) is 0. The summed E-state index contributed by atoms with van der Waals surface area (Å²) in [6.45, 7) is 10.00. The Bertz CT molecular complexity index is 751. The van der Waals surface area contributed by atoms with Crippen molar-refractivity contribution in [1.29, 1.82) is 0 Å². The van der Waals surface area contributed by atoms with Gasteiger partial charge in [-0.05, 0) is 56.7 Å². The predicted octanol–water partition coefficient (Wildman–Crippen LogP) is 3.64. The van der Waals surface area contributed by atoms with Gasteiger partial charge in [0.25, 0.3) is 0 Å². The van der Waals surface area contributed by atoms with Gasteiger partial charge in [-0.1, -0.05) is 25.1 Å². The van der Waals surface area contributed by atoms with Crippen LogP contribution in [0.3, 0.4) is 0 Å². The van der Waals surface area contributed by atoms with Gasteiger partial charge in [-0.3, -0.25) is 4.68 Å². The molecule has 6 nitrogen and oxygen atoms in total. The third-order valence-corrected chi connectivity index (χ3v) is 5.32. The molecule has 1 aromatic carbocycles. The Morgan fingerprint density at radius 3 is 2.61 bits per heavy atom. The Morgan fingerprint density at radius 2 is 1.96 bits per heavy atom. The minimum absolute atomic E-state index is 0.0441. The number of likely N-dealkylation sites (tertiary alicyclic amines) is 1. The lowest BCUT2D eigenvalue weighted by Gasteiger charge is -2.32. The third-order valence-electron chi connectivity index (χ3n) is 5.32. The van der Waals surface area contributed by atoms with Crippen LogP contribution < -0.4 is 10.1 Å². The van der Waals surface area contributed by atoms with Crippen molar-refractivity contribution in [2.45, 2.75) is 40.2 Å². The minimum atomic E-state index is 0.0441. The van der Waals surface area contributed by atoms with Crippen molar-refractivity contribution in [2.75, 3.05) is 26.2 Å². The second kappa shape index (κ2) is 9.62. The molecule has 0 spiro atoms. The number of nitrogens with one attached hydrogen (secondary N) is 1. The fraction of sp³-hybridized carbons (Fsp3) is 0.545. The number of rotatable bonds is 7. The first-order chi connectivity index (χ1) is 13.5. The summed E-state index contributed by atoms with van der Waals surface area (Å²) in [5.74, 6) is 1.76. The summed E-state index contributed by atoms with van der Waals surface area (Å²) in [6, 6.07) is 12.0. The fourth-order valence-electron chi connectivity index (χ4n) is 3.63.